The van der Waals surface area contributed by atoms with Crippen molar-refractivity contribution in [2.45, 2.75) is 43.0 Å². The summed E-state index contributed by atoms with van der Waals surface area (Å²) in [5.74, 6) is 0.412. The maximum absolute atomic E-state index is 13.1. The minimum Gasteiger partial charge on any atom is -0.338 e. The minimum atomic E-state index is -3.60. The predicted molar refractivity (Wildman–Crippen MR) is 138 cm³/mol. The Morgan fingerprint density at radius 1 is 0.971 bits per heavy atom. The highest BCUT2D eigenvalue weighted by molar-refractivity contribution is 7.89. The highest BCUT2D eigenvalue weighted by Crippen LogP contribution is 2.27. The molecule has 5 rings (SSSR count). The summed E-state index contributed by atoms with van der Waals surface area (Å²) in [6.45, 7) is 0. The van der Waals surface area contributed by atoms with Gasteiger partial charge in [-0.2, -0.15) is 4.31 Å². The van der Waals surface area contributed by atoms with Gasteiger partial charge >= 0.3 is 0 Å². The highest BCUT2D eigenvalue weighted by Gasteiger charge is 2.29. The Bertz CT molecular complexity index is 1420. The Hall–Kier alpha value is -3.49. The van der Waals surface area contributed by atoms with Crippen molar-refractivity contribution >= 4 is 32.7 Å². The van der Waals surface area contributed by atoms with Gasteiger partial charge in [-0.1, -0.05) is 43.5 Å². The van der Waals surface area contributed by atoms with Crippen LogP contribution in [-0.4, -0.2) is 41.7 Å². The van der Waals surface area contributed by atoms with Gasteiger partial charge in [0.05, 0.1) is 15.9 Å². The monoisotopic (exact) mass is 488 g/mol. The van der Waals surface area contributed by atoms with Crippen LogP contribution in [0.5, 0.6) is 0 Å². The third-order valence-electron chi connectivity index (χ3n) is 6.67. The molecule has 0 spiro atoms. The highest BCUT2D eigenvalue weighted by atomic mass is 32.2. The van der Waals surface area contributed by atoms with Gasteiger partial charge in [0.15, 0.2) is 0 Å². The molecule has 1 fully saturated rings. The topological polar surface area (TPSA) is 95.2 Å². The average molecular weight is 489 g/mol. The summed E-state index contributed by atoms with van der Waals surface area (Å²) < 4.78 is 27.6. The molecule has 7 nitrogen and oxygen atoms in total. The van der Waals surface area contributed by atoms with E-state index in [1.54, 1.807) is 19.2 Å². The number of hydrogen-bond acceptors (Lipinski definition) is 4. The maximum atomic E-state index is 13.1. The molecule has 0 unspecified atom stereocenters. The number of anilines is 1. The van der Waals surface area contributed by atoms with Crippen LogP contribution in [-0.2, 0) is 10.0 Å². The van der Waals surface area contributed by atoms with E-state index < -0.39 is 10.0 Å². The first-order chi connectivity index (χ1) is 16.9. The number of carbonyl (C=O) groups excluding carboxylic acids is 1. The number of imidazole rings is 1. The molecular formula is C27H28N4O3S. The summed E-state index contributed by atoms with van der Waals surface area (Å²) in [4.78, 5) is 21.0. The second-order valence-electron chi connectivity index (χ2n) is 8.97. The van der Waals surface area contributed by atoms with Crippen molar-refractivity contribution < 1.29 is 13.2 Å². The molecule has 0 bridgehead atoms. The van der Waals surface area contributed by atoms with Gasteiger partial charge in [-0.25, -0.2) is 13.4 Å². The molecule has 1 aromatic heterocycles. The van der Waals surface area contributed by atoms with Crippen molar-refractivity contribution in [2.24, 2.45) is 0 Å². The third-order valence-corrected chi connectivity index (χ3v) is 8.59. The van der Waals surface area contributed by atoms with Crippen LogP contribution in [0.1, 0.15) is 42.5 Å². The number of rotatable bonds is 6. The molecular weight excluding hydrogens is 460 g/mol. The van der Waals surface area contributed by atoms with E-state index in [0.717, 1.165) is 54.5 Å². The fourth-order valence-electron chi connectivity index (χ4n) is 4.62. The van der Waals surface area contributed by atoms with Gasteiger partial charge in [0, 0.05) is 29.9 Å². The number of benzene rings is 3. The van der Waals surface area contributed by atoms with Crippen molar-refractivity contribution in [1.29, 1.82) is 0 Å². The van der Waals surface area contributed by atoms with Crippen molar-refractivity contribution in [3.8, 4) is 11.4 Å². The van der Waals surface area contributed by atoms with Gasteiger partial charge in [-0.15, -0.1) is 0 Å². The number of H-pyrrole nitrogens is 1. The number of nitrogens with zero attached hydrogens (tertiary/aromatic N) is 2. The Kier molecular flexibility index (Phi) is 6.40. The van der Waals surface area contributed by atoms with Gasteiger partial charge in [0.25, 0.3) is 5.91 Å². The summed E-state index contributed by atoms with van der Waals surface area (Å²) in [7, 11) is -1.94. The number of amides is 1. The second kappa shape index (κ2) is 9.64. The quantitative estimate of drug-likeness (QED) is 0.378. The average Bonchev–Trinajstić information content (AvgIpc) is 3.33. The van der Waals surface area contributed by atoms with Crippen LogP contribution in [0.25, 0.3) is 22.4 Å². The van der Waals surface area contributed by atoms with E-state index in [0.29, 0.717) is 11.3 Å². The Morgan fingerprint density at radius 3 is 2.46 bits per heavy atom. The number of sulfonamides is 1. The Balaban J connectivity index is 1.30. The minimum absolute atomic E-state index is 0.0377. The summed E-state index contributed by atoms with van der Waals surface area (Å²) in [5.41, 5.74) is 3.69. The van der Waals surface area contributed by atoms with E-state index in [-0.39, 0.29) is 16.8 Å². The molecule has 180 valence electrons. The molecule has 1 saturated carbocycles. The Labute approximate surface area is 205 Å². The summed E-state index contributed by atoms with van der Waals surface area (Å²) >= 11 is 0. The van der Waals surface area contributed by atoms with E-state index in [1.807, 2.05) is 48.5 Å². The van der Waals surface area contributed by atoms with Crippen molar-refractivity contribution in [3.63, 3.8) is 0 Å². The second-order valence-corrected chi connectivity index (χ2v) is 11.0. The first kappa shape index (κ1) is 23.3. The Morgan fingerprint density at radius 2 is 1.71 bits per heavy atom. The molecule has 2 N–H and O–H groups in total. The van der Waals surface area contributed by atoms with Crippen LogP contribution in [0.15, 0.2) is 77.7 Å². The SMILES string of the molecule is CN(C1CCCCC1)S(=O)(=O)c1ccc(C(=O)Nc2cccc(-c3nc4ccccc4[nH]3)c2)cc1. The van der Waals surface area contributed by atoms with Gasteiger partial charge < -0.3 is 10.3 Å². The molecule has 0 radical (unpaired) electrons. The molecule has 4 aromatic rings. The molecule has 8 heteroatoms. The number of hydrogen-bond donors (Lipinski definition) is 2. The van der Waals surface area contributed by atoms with Gasteiger partial charge in [-0.05, 0) is 61.4 Å². The summed E-state index contributed by atoms with van der Waals surface area (Å²) in [6.07, 6.45) is 5.06. The molecule has 0 atom stereocenters. The molecule has 35 heavy (non-hydrogen) atoms. The first-order valence-electron chi connectivity index (χ1n) is 11.9. The maximum Gasteiger partial charge on any atom is 0.255 e. The van der Waals surface area contributed by atoms with E-state index in [9.17, 15) is 13.2 Å². The van der Waals surface area contributed by atoms with Crippen LogP contribution >= 0.6 is 0 Å². The normalized spacial score (nSPS) is 14.9. The molecule has 1 aliphatic rings. The lowest BCUT2D eigenvalue weighted by atomic mass is 9.96. The molecule has 1 heterocycles. The molecule has 0 aliphatic heterocycles. The number of aromatic nitrogens is 2. The summed E-state index contributed by atoms with van der Waals surface area (Å²) in [5, 5.41) is 2.89. The lowest BCUT2D eigenvalue weighted by Crippen LogP contribution is -2.38. The standard InChI is InChI=1S/C27H28N4O3S/c1-31(22-10-3-2-4-11-22)35(33,34)23-16-14-19(15-17-23)27(32)28-21-9-7-8-20(18-21)26-29-24-12-5-6-13-25(24)30-26/h5-9,12-18,22H,2-4,10-11H2,1H3,(H,28,32)(H,29,30). The zero-order chi connectivity index (χ0) is 24.4. The molecule has 1 aliphatic carbocycles. The third kappa shape index (κ3) is 4.85. The lowest BCUT2D eigenvalue weighted by molar-refractivity contribution is 0.102. The zero-order valence-corrected chi connectivity index (χ0v) is 20.4. The van der Waals surface area contributed by atoms with Crippen molar-refractivity contribution in [1.82, 2.24) is 14.3 Å². The van der Waals surface area contributed by atoms with E-state index in [1.165, 1.54) is 16.4 Å². The number of fused-ring (bicyclic) bond motifs is 1. The van der Waals surface area contributed by atoms with Crippen LogP contribution in [0, 0.1) is 0 Å². The van der Waals surface area contributed by atoms with Gasteiger partial charge in [-0.3, -0.25) is 4.79 Å². The number of aromatic amines is 1. The van der Waals surface area contributed by atoms with E-state index in [4.69, 9.17) is 0 Å². The number of carbonyl (C=O) groups is 1. The van der Waals surface area contributed by atoms with E-state index in [2.05, 4.69) is 15.3 Å². The fraction of sp³-hybridized carbons (Fsp3) is 0.259. The van der Waals surface area contributed by atoms with Gasteiger partial charge in [0.1, 0.15) is 5.82 Å². The number of nitrogens with one attached hydrogen (secondary N) is 2. The number of para-hydroxylation sites is 2. The van der Waals surface area contributed by atoms with Crippen molar-refractivity contribution in [2.75, 3.05) is 12.4 Å². The first-order valence-corrected chi connectivity index (χ1v) is 13.3. The molecule has 0 saturated heterocycles. The fourth-order valence-corrected chi connectivity index (χ4v) is 6.04. The molecule has 1 amide bonds. The smallest absolute Gasteiger partial charge is 0.255 e. The van der Waals surface area contributed by atoms with Crippen LogP contribution in [0.3, 0.4) is 0 Å². The van der Waals surface area contributed by atoms with Crippen LogP contribution in [0.2, 0.25) is 0 Å². The van der Waals surface area contributed by atoms with Crippen LogP contribution in [0.4, 0.5) is 5.69 Å². The molecule has 3 aromatic carbocycles. The van der Waals surface area contributed by atoms with Gasteiger partial charge in [0.2, 0.25) is 10.0 Å². The van der Waals surface area contributed by atoms with Crippen molar-refractivity contribution in [3.05, 3.63) is 78.4 Å². The lowest BCUT2D eigenvalue weighted by Gasteiger charge is -2.30. The predicted octanol–water partition coefficient (Wildman–Crippen LogP) is 5.44. The van der Waals surface area contributed by atoms with Crippen LogP contribution < -0.4 is 5.32 Å². The van der Waals surface area contributed by atoms with E-state index >= 15 is 0 Å². The largest absolute Gasteiger partial charge is 0.338 e. The zero-order valence-electron chi connectivity index (χ0n) is 19.6. The summed E-state index contributed by atoms with van der Waals surface area (Å²) in [6, 6.07) is 21.4.